The summed E-state index contributed by atoms with van der Waals surface area (Å²) in [5.41, 5.74) is 7.43. The molecule has 0 spiro atoms. The van der Waals surface area contributed by atoms with E-state index in [0.717, 1.165) is 11.3 Å². The van der Waals surface area contributed by atoms with Crippen LogP contribution in [0.5, 0.6) is 0 Å². The second-order valence-corrected chi connectivity index (χ2v) is 7.63. The Morgan fingerprint density at radius 1 is 1.48 bits per heavy atom. The molecular formula is C17H30N4O2. The van der Waals surface area contributed by atoms with E-state index in [0.29, 0.717) is 32.6 Å². The first-order chi connectivity index (χ1) is 10.7. The highest BCUT2D eigenvalue weighted by atomic mass is 16.5. The van der Waals surface area contributed by atoms with Crippen molar-refractivity contribution in [2.24, 2.45) is 11.1 Å². The van der Waals surface area contributed by atoms with Gasteiger partial charge in [-0.1, -0.05) is 0 Å². The van der Waals surface area contributed by atoms with Gasteiger partial charge in [-0.15, -0.1) is 0 Å². The molecule has 2 rings (SSSR count). The van der Waals surface area contributed by atoms with Crippen LogP contribution in [0, 0.1) is 12.3 Å². The van der Waals surface area contributed by atoms with Gasteiger partial charge in [0.25, 0.3) is 0 Å². The number of nitrogens with zero attached hydrogens (tertiary/aromatic N) is 2. The number of rotatable bonds is 5. The molecule has 130 valence electrons. The number of hydrogen-bond donors (Lipinski definition) is 2. The van der Waals surface area contributed by atoms with Crippen molar-refractivity contribution in [3.05, 3.63) is 17.5 Å². The van der Waals surface area contributed by atoms with Gasteiger partial charge in [0.15, 0.2) is 0 Å². The molecule has 2 heterocycles. The fourth-order valence-corrected chi connectivity index (χ4v) is 3.25. The molecule has 0 aromatic carbocycles. The molecule has 1 atom stereocenters. The van der Waals surface area contributed by atoms with E-state index in [1.165, 1.54) is 0 Å². The quantitative estimate of drug-likeness (QED) is 0.867. The molecule has 1 amide bonds. The second kappa shape index (κ2) is 6.61. The number of nitrogens with one attached hydrogen (secondary N) is 1. The van der Waals surface area contributed by atoms with Gasteiger partial charge in [-0.2, -0.15) is 5.10 Å². The fourth-order valence-electron chi connectivity index (χ4n) is 3.25. The number of ether oxygens (including phenoxy) is 1. The minimum Gasteiger partial charge on any atom is -0.381 e. The maximum absolute atomic E-state index is 11.9. The van der Waals surface area contributed by atoms with Crippen molar-refractivity contribution in [2.45, 2.75) is 59.0 Å². The summed E-state index contributed by atoms with van der Waals surface area (Å²) >= 11 is 0. The molecule has 23 heavy (non-hydrogen) atoms. The molecule has 6 nitrogen and oxygen atoms in total. The Morgan fingerprint density at radius 3 is 2.57 bits per heavy atom. The lowest BCUT2D eigenvalue weighted by molar-refractivity contribution is -0.133. The Morgan fingerprint density at radius 2 is 2.09 bits per heavy atom. The number of aromatic nitrogens is 2. The smallest absolute Gasteiger partial charge is 0.225 e. The first-order valence-electron chi connectivity index (χ1n) is 8.33. The number of primary amides is 1. The van der Waals surface area contributed by atoms with Gasteiger partial charge in [0.2, 0.25) is 5.91 Å². The molecule has 0 aliphatic carbocycles. The van der Waals surface area contributed by atoms with E-state index in [4.69, 9.17) is 10.5 Å². The maximum Gasteiger partial charge on any atom is 0.225 e. The van der Waals surface area contributed by atoms with Crippen LogP contribution in [0.15, 0.2) is 6.20 Å². The average Bonchev–Trinajstić information content (AvgIpc) is 2.87. The van der Waals surface area contributed by atoms with Crippen molar-refractivity contribution in [2.75, 3.05) is 19.8 Å². The van der Waals surface area contributed by atoms with Crippen molar-refractivity contribution >= 4 is 5.91 Å². The highest BCUT2D eigenvalue weighted by molar-refractivity contribution is 5.81. The first-order valence-corrected chi connectivity index (χ1v) is 8.33. The predicted octanol–water partition coefficient (Wildman–Crippen LogP) is 1.88. The molecule has 0 radical (unpaired) electrons. The van der Waals surface area contributed by atoms with E-state index in [-0.39, 0.29) is 17.5 Å². The van der Waals surface area contributed by atoms with Crippen LogP contribution < -0.4 is 11.1 Å². The zero-order valence-electron chi connectivity index (χ0n) is 15.0. The highest BCUT2D eigenvalue weighted by Gasteiger charge is 2.38. The Balaban J connectivity index is 2.09. The van der Waals surface area contributed by atoms with E-state index in [1.807, 2.05) is 10.9 Å². The molecule has 6 heteroatoms. The van der Waals surface area contributed by atoms with Gasteiger partial charge < -0.3 is 15.8 Å². The Kier molecular flexibility index (Phi) is 5.16. The molecule has 0 saturated carbocycles. The molecular weight excluding hydrogens is 292 g/mol. The standard InChI is InChI=1S/C17H30N4O2/c1-12(14-10-20-21(13(14)2)16(3,4)5)19-11-17(15(18)22)6-8-23-9-7-17/h10,12,19H,6-9,11H2,1-5H3,(H2,18,22). The van der Waals surface area contributed by atoms with Crippen LogP contribution in [0.3, 0.4) is 0 Å². The molecule has 1 aromatic heterocycles. The van der Waals surface area contributed by atoms with E-state index in [1.54, 1.807) is 0 Å². The lowest BCUT2D eigenvalue weighted by atomic mass is 9.79. The monoisotopic (exact) mass is 322 g/mol. The molecule has 0 bridgehead atoms. The summed E-state index contributed by atoms with van der Waals surface area (Å²) in [6.45, 7) is 12.4. The Labute approximate surface area is 138 Å². The van der Waals surface area contributed by atoms with Crippen LogP contribution in [0.4, 0.5) is 0 Å². The van der Waals surface area contributed by atoms with E-state index in [2.05, 4.69) is 45.0 Å². The summed E-state index contributed by atoms with van der Waals surface area (Å²) in [4.78, 5) is 11.9. The molecule has 1 aliphatic rings. The molecule has 1 fully saturated rings. The van der Waals surface area contributed by atoms with Crippen molar-refractivity contribution in [1.82, 2.24) is 15.1 Å². The van der Waals surface area contributed by atoms with Crippen LogP contribution in [0.1, 0.15) is 57.8 Å². The van der Waals surface area contributed by atoms with Crippen molar-refractivity contribution < 1.29 is 9.53 Å². The summed E-state index contributed by atoms with van der Waals surface area (Å²) in [7, 11) is 0. The number of amides is 1. The number of hydrogen-bond acceptors (Lipinski definition) is 4. The predicted molar refractivity (Wildman–Crippen MR) is 90.1 cm³/mol. The number of carbonyl (C=O) groups excluding carboxylic acids is 1. The summed E-state index contributed by atoms with van der Waals surface area (Å²) in [5, 5.41) is 8.01. The van der Waals surface area contributed by atoms with E-state index in [9.17, 15) is 4.79 Å². The minimum atomic E-state index is -0.500. The van der Waals surface area contributed by atoms with Crippen LogP contribution >= 0.6 is 0 Å². The topological polar surface area (TPSA) is 82.2 Å². The zero-order valence-corrected chi connectivity index (χ0v) is 15.0. The SMILES string of the molecule is Cc1c(C(C)NCC2(C(N)=O)CCOCC2)cnn1C(C)(C)C. The van der Waals surface area contributed by atoms with Crippen LogP contribution in [-0.4, -0.2) is 35.4 Å². The third kappa shape index (κ3) is 3.75. The third-order valence-electron chi connectivity index (χ3n) is 4.87. The normalized spacial score (nSPS) is 19.5. The molecule has 1 unspecified atom stereocenters. The van der Waals surface area contributed by atoms with Crippen molar-refractivity contribution in [3.8, 4) is 0 Å². The minimum absolute atomic E-state index is 0.0444. The zero-order chi connectivity index (χ0) is 17.3. The lowest BCUT2D eigenvalue weighted by Crippen LogP contribution is -2.48. The summed E-state index contributed by atoms with van der Waals surface area (Å²) < 4.78 is 7.42. The van der Waals surface area contributed by atoms with Crippen LogP contribution in [0.25, 0.3) is 0 Å². The summed E-state index contributed by atoms with van der Waals surface area (Å²) in [6, 6.07) is 0.116. The van der Waals surface area contributed by atoms with Crippen LogP contribution in [0.2, 0.25) is 0 Å². The Hall–Kier alpha value is -1.40. The molecule has 1 aliphatic heterocycles. The van der Waals surface area contributed by atoms with Gasteiger partial charge in [0.05, 0.1) is 17.2 Å². The molecule has 1 aromatic rings. The van der Waals surface area contributed by atoms with Gasteiger partial charge in [-0.05, 0) is 47.5 Å². The third-order valence-corrected chi connectivity index (χ3v) is 4.87. The first kappa shape index (κ1) is 17.9. The summed E-state index contributed by atoms with van der Waals surface area (Å²) in [6.07, 6.45) is 3.28. The number of nitrogens with two attached hydrogens (primary N) is 1. The fraction of sp³-hybridized carbons (Fsp3) is 0.765. The highest BCUT2D eigenvalue weighted by Crippen LogP contribution is 2.31. The van der Waals surface area contributed by atoms with Gasteiger partial charge in [0.1, 0.15) is 0 Å². The lowest BCUT2D eigenvalue weighted by Gasteiger charge is -2.35. The second-order valence-electron chi connectivity index (χ2n) is 7.63. The Bertz CT molecular complexity index is 553. The number of carbonyl (C=O) groups is 1. The molecule has 3 N–H and O–H groups in total. The van der Waals surface area contributed by atoms with E-state index >= 15 is 0 Å². The van der Waals surface area contributed by atoms with Gasteiger partial charge >= 0.3 is 0 Å². The maximum atomic E-state index is 11.9. The summed E-state index contributed by atoms with van der Waals surface area (Å²) in [5.74, 6) is -0.234. The van der Waals surface area contributed by atoms with Gasteiger partial charge in [0, 0.05) is 37.1 Å². The molecule has 1 saturated heterocycles. The van der Waals surface area contributed by atoms with Crippen LogP contribution in [-0.2, 0) is 15.1 Å². The average molecular weight is 322 g/mol. The van der Waals surface area contributed by atoms with Crippen molar-refractivity contribution in [3.63, 3.8) is 0 Å². The van der Waals surface area contributed by atoms with Crippen molar-refractivity contribution in [1.29, 1.82) is 0 Å². The van der Waals surface area contributed by atoms with Gasteiger partial charge in [-0.3, -0.25) is 9.48 Å². The van der Waals surface area contributed by atoms with E-state index < -0.39 is 5.41 Å². The largest absolute Gasteiger partial charge is 0.381 e. The van der Waals surface area contributed by atoms with Gasteiger partial charge in [-0.25, -0.2) is 0 Å².